The predicted molar refractivity (Wildman–Crippen MR) is 99.6 cm³/mol. The van der Waals surface area contributed by atoms with Crippen LogP contribution in [0.5, 0.6) is 11.5 Å². The molecular weight excluding hydrogens is 332 g/mol. The van der Waals surface area contributed by atoms with Gasteiger partial charge in [-0.2, -0.15) is 0 Å². The lowest BCUT2D eigenvalue weighted by Gasteiger charge is -2.18. The summed E-state index contributed by atoms with van der Waals surface area (Å²) in [7, 11) is 4.86. The van der Waals surface area contributed by atoms with Gasteiger partial charge in [-0.15, -0.1) is 0 Å². The Bertz CT molecular complexity index is 887. The summed E-state index contributed by atoms with van der Waals surface area (Å²) in [5.41, 5.74) is 2.25. The summed E-state index contributed by atoms with van der Waals surface area (Å²) in [4.78, 5) is 26.3. The van der Waals surface area contributed by atoms with Gasteiger partial charge in [0.1, 0.15) is 18.1 Å². The number of hydrogen-bond acceptors (Lipinski definition) is 4. The number of rotatable bonds is 4. The topological polar surface area (TPSA) is 67.9 Å². The van der Waals surface area contributed by atoms with Crippen LogP contribution in [0.2, 0.25) is 0 Å². The number of nitrogens with zero attached hydrogens (tertiary/aromatic N) is 1. The van der Waals surface area contributed by atoms with Gasteiger partial charge in [-0.1, -0.05) is 18.2 Å². The molecule has 0 atom stereocenters. The van der Waals surface area contributed by atoms with E-state index in [1.54, 1.807) is 38.4 Å². The predicted octanol–water partition coefficient (Wildman–Crippen LogP) is 2.81. The quantitative estimate of drug-likeness (QED) is 0.919. The number of amides is 2. The lowest BCUT2D eigenvalue weighted by molar-refractivity contribution is -0.113. The molecule has 6 heteroatoms. The first kappa shape index (κ1) is 17.5. The number of anilines is 1. The van der Waals surface area contributed by atoms with Crippen molar-refractivity contribution in [1.82, 2.24) is 4.90 Å². The number of nitrogens with one attached hydrogen (secondary N) is 1. The summed E-state index contributed by atoms with van der Waals surface area (Å²) in [5.74, 6) is 0.774. The van der Waals surface area contributed by atoms with Crippen molar-refractivity contribution in [2.75, 3.05) is 33.1 Å². The second kappa shape index (κ2) is 7.31. The van der Waals surface area contributed by atoms with E-state index in [1.165, 1.54) is 12.0 Å². The number of methoxy groups -OCH3 is 1. The van der Waals surface area contributed by atoms with Crippen molar-refractivity contribution >= 4 is 23.6 Å². The SMILES string of the molecule is COc1ccc(C(=O)N(C)C)cc1NC(=O)C1=Cc2ccccc2OC1. The Morgan fingerprint density at radius 3 is 2.65 bits per heavy atom. The van der Waals surface area contributed by atoms with Gasteiger partial charge in [0.05, 0.1) is 18.4 Å². The van der Waals surface area contributed by atoms with Crippen LogP contribution < -0.4 is 14.8 Å². The van der Waals surface area contributed by atoms with Crippen molar-refractivity contribution in [3.63, 3.8) is 0 Å². The van der Waals surface area contributed by atoms with Crippen LogP contribution in [0.15, 0.2) is 48.0 Å². The number of ether oxygens (including phenoxy) is 2. The zero-order chi connectivity index (χ0) is 18.7. The van der Waals surface area contributed by atoms with Crippen LogP contribution >= 0.6 is 0 Å². The Labute approximate surface area is 152 Å². The van der Waals surface area contributed by atoms with Gasteiger partial charge in [0.15, 0.2) is 0 Å². The molecule has 2 aromatic carbocycles. The van der Waals surface area contributed by atoms with E-state index in [0.29, 0.717) is 22.6 Å². The maximum Gasteiger partial charge on any atom is 0.255 e. The first-order valence-corrected chi connectivity index (χ1v) is 8.13. The lowest BCUT2D eigenvalue weighted by atomic mass is 10.1. The number of hydrogen-bond donors (Lipinski definition) is 1. The number of fused-ring (bicyclic) bond motifs is 1. The van der Waals surface area contributed by atoms with Crippen LogP contribution in [0.1, 0.15) is 15.9 Å². The molecule has 1 aliphatic heterocycles. The van der Waals surface area contributed by atoms with Crippen molar-refractivity contribution in [3.05, 3.63) is 59.2 Å². The van der Waals surface area contributed by atoms with Crippen LogP contribution in [0.3, 0.4) is 0 Å². The Hall–Kier alpha value is -3.28. The Morgan fingerprint density at radius 1 is 1.15 bits per heavy atom. The maximum atomic E-state index is 12.7. The summed E-state index contributed by atoms with van der Waals surface area (Å²) >= 11 is 0. The van der Waals surface area contributed by atoms with Crippen LogP contribution in [0, 0.1) is 0 Å². The number of carbonyl (C=O) groups excluding carboxylic acids is 2. The molecule has 0 bridgehead atoms. The average Bonchev–Trinajstić information content (AvgIpc) is 2.66. The molecule has 1 N–H and O–H groups in total. The van der Waals surface area contributed by atoms with Gasteiger partial charge in [-0.05, 0) is 30.3 Å². The van der Waals surface area contributed by atoms with E-state index < -0.39 is 0 Å². The van der Waals surface area contributed by atoms with Gasteiger partial charge < -0.3 is 19.7 Å². The van der Waals surface area contributed by atoms with Crippen molar-refractivity contribution < 1.29 is 19.1 Å². The summed E-state index contributed by atoms with van der Waals surface area (Å²) in [6.07, 6.45) is 1.80. The van der Waals surface area contributed by atoms with E-state index in [4.69, 9.17) is 9.47 Å². The third kappa shape index (κ3) is 3.54. The number of benzene rings is 2. The second-order valence-electron chi connectivity index (χ2n) is 6.06. The monoisotopic (exact) mass is 352 g/mol. The van der Waals surface area contributed by atoms with Crippen LogP contribution in [-0.4, -0.2) is 44.5 Å². The Morgan fingerprint density at radius 2 is 1.92 bits per heavy atom. The van der Waals surface area contributed by atoms with Gasteiger partial charge in [0.25, 0.3) is 11.8 Å². The molecule has 0 saturated heterocycles. The fourth-order valence-electron chi connectivity index (χ4n) is 2.65. The molecule has 0 fully saturated rings. The summed E-state index contributed by atoms with van der Waals surface area (Å²) in [5, 5.41) is 2.81. The summed E-state index contributed by atoms with van der Waals surface area (Å²) in [6.45, 7) is 0.182. The molecule has 0 spiro atoms. The van der Waals surface area contributed by atoms with Crippen LogP contribution in [0.4, 0.5) is 5.69 Å². The van der Waals surface area contributed by atoms with Gasteiger partial charge in [-0.3, -0.25) is 9.59 Å². The summed E-state index contributed by atoms with van der Waals surface area (Å²) in [6, 6.07) is 12.5. The molecular formula is C20H20N2O4. The highest BCUT2D eigenvalue weighted by Gasteiger charge is 2.19. The molecule has 0 unspecified atom stereocenters. The highest BCUT2D eigenvalue weighted by atomic mass is 16.5. The molecule has 26 heavy (non-hydrogen) atoms. The first-order chi connectivity index (χ1) is 12.5. The fraction of sp³-hybridized carbons (Fsp3) is 0.200. The molecule has 0 radical (unpaired) electrons. The average molecular weight is 352 g/mol. The minimum Gasteiger partial charge on any atom is -0.495 e. The normalized spacial score (nSPS) is 12.3. The van der Waals surface area contributed by atoms with E-state index >= 15 is 0 Å². The molecule has 2 aromatic rings. The smallest absolute Gasteiger partial charge is 0.255 e. The van der Waals surface area contributed by atoms with Crippen LogP contribution in [-0.2, 0) is 4.79 Å². The zero-order valence-electron chi connectivity index (χ0n) is 14.9. The van der Waals surface area contributed by atoms with E-state index in [-0.39, 0.29) is 18.4 Å². The van der Waals surface area contributed by atoms with Crippen LogP contribution in [0.25, 0.3) is 6.08 Å². The van der Waals surface area contributed by atoms with E-state index in [2.05, 4.69) is 5.32 Å². The van der Waals surface area contributed by atoms with Gasteiger partial charge in [0.2, 0.25) is 0 Å². The molecule has 134 valence electrons. The molecule has 1 aliphatic rings. The molecule has 1 heterocycles. The minimum absolute atomic E-state index is 0.155. The standard InChI is InChI=1S/C20H20N2O4/c1-22(2)20(24)14-8-9-18(25-3)16(11-14)21-19(23)15-10-13-6-4-5-7-17(13)26-12-15/h4-11H,12H2,1-3H3,(H,21,23). The lowest BCUT2D eigenvalue weighted by Crippen LogP contribution is -2.23. The molecule has 2 amide bonds. The highest BCUT2D eigenvalue weighted by Crippen LogP contribution is 2.29. The minimum atomic E-state index is -0.299. The van der Waals surface area contributed by atoms with Gasteiger partial charge in [0, 0.05) is 25.2 Å². The molecule has 0 aromatic heterocycles. The molecule has 0 saturated carbocycles. The number of para-hydroxylation sites is 1. The largest absolute Gasteiger partial charge is 0.495 e. The van der Waals surface area contributed by atoms with E-state index in [9.17, 15) is 9.59 Å². The summed E-state index contributed by atoms with van der Waals surface area (Å²) < 4.78 is 10.9. The zero-order valence-corrected chi connectivity index (χ0v) is 14.9. The van der Waals surface area contributed by atoms with Crippen molar-refractivity contribution in [1.29, 1.82) is 0 Å². The third-order valence-corrected chi connectivity index (χ3v) is 4.02. The van der Waals surface area contributed by atoms with E-state index in [0.717, 1.165) is 11.3 Å². The van der Waals surface area contributed by atoms with Crippen molar-refractivity contribution in [2.24, 2.45) is 0 Å². The maximum absolute atomic E-state index is 12.7. The van der Waals surface area contributed by atoms with Gasteiger partial charge in [-0.25, -0.2) is 0 Å². The third-order valence-electron chi connectivity index (χ3n) is 4.02. The Balaban J connectivity index is 1.86. The molecule has 6 nitrogen and oxygen atoms in total. The molecule has 0 aliphatic carbocycles. The Kier molecular flexibility index (Phi) is 4.93. The van der Waals surface area contributed by atoms with Crippen molar-refractivity contribution in [2.45, 2.75) is 0 Å². The van der Waals surface area contributed by atoms with Gasteiger partial charge >= 0.3 is 0 Å². The fourth-order valence-corrected chi connectivity index (χ4v) is 2.65. The second-order valence-corrected chi connectivity index (χ2v) is 6.06. The van der Waals surface area contributed by atoms with Crippen molar-refractivity contribution in [3.8, 4) is 11.5 Å². The molecule has 3 rings (SSSR count). The van der Waals surface area contributed by atoms with E-state index in [1.807, 2.05) is 24.3 Å². The number of carbonyl (C=O) groups is 2. The highest BCUT2D eigenvalue weighted by molar-refractivity contribution is 6.08. The first-order valence-electron chi connectivity index (χ1n) is 8.13.